The van der Waals surface area contributed by atoms with Crippen molar-refractivity contribution in [3.8, 4) is 11.5 Å². The van der Waals surface area contributed by atoms with Crippen molar-refractivity contribution in [1.82, 2.24) is 4.90 Å². The summed E-state index contributed by atoms with van der Waals surface area (Å²) in [5.74, 6) is 1.40. The minimum atomic E-state index is -0.150. The van der Waals surface area contributed by atoms with E-state index in [0.29, 0.717) is 18.1 Å². The highest BCUT2D eigenvalue weighted by molar-refractivity contribution is 5.83. The number of nitrogens with zero attached hydrogens (tertiary/aromatic N) is 1. The van der Waals surface area contributed by atoms with Crippen LogP contribution in [0.1, 0.15) is 25.3 Å². The monoisotopic (exact) mass is 307 g/mol. The van der Waals surface area contributed by atoms with Gasteiger partial charge in [0.05, 0.1) is 32.8 Å². The molecule has 1 aliphatic heterocycles. The minimum absolute atomic E-state index is 0.150. The van der Waals surface area contributed by atoms with Crippen molar-refractivity contribution in [2.45, 2.75) is 19.8 Å². The number of carbonyl (C=O) groups is 1. The lowest BCUT2D eigenvalue weighted by Gasteiger charge is -2.30. The van der Waals surface area contributed by atoms with Gasteiger partial charge in [-0.1, -0.05) is 6.07 Å². The van der Waals surface area contributed by atoms with Crippen LogP contribution in [0.3, 0.4) is 0 Å². The summed E-state index contributed by atoms with van der Waals surface area (Å²) in [5.41, 5.74) is 0.972. The van der Waals surface area contributed by atoms with Crippen molar-refractivity contribution in [2.75, 3.05) is 46.6 Å². The van der Waals surface area contributed by atoms with Crippen LogP contribution in [-0.2, 0) is 9.53 Å². The summed E-state index contributed by atoms with van der Waals surface area (Å²) in [5, 5.41) is 0. The molecule has 2 rings (SSSR count). The summed E-state index contributed by atoms with van der Waals surface area (Å²) in [6, 6.07) is 5.75. The first-order valence-electron chi connectivity index (χ1n) is 7.77. The zero-order chi connectivity index (χ0) is 15.9. The average Bonchev–Trinajstić information content (AvgIpc) is 2.54. The molecule has 0 aliphatic carbocycles. The molecule has 0 bridgehead atoms. The van der Waals surface area contributed by atoms with E-state index in [9.17, 15) is 4.79 Å². The van der Waals surface area contributed by atoms with Crippen molar-refractivity contribution >= 4 is 5.78 Å². The van der Waals surface area contributed by atoms with Gasteiger partial charge in [-0.15, -0.1) is 0 Å². The molecule has 1 heterocycles. The molecule has 1 atom stereocenters. The topological polar surface area (TPSA) is 48.0 Å². The maximum absolute atomic E-state index is 12.1. The highest BCUT2D eigenvalue weighted by atomic mass is 16.5. The first kappa shape index (κ1) is 16.8. The van der Waals surface area contributed by atoms with Crippen LogP contribution >= 0.6 is 0 Å². The SMILES string of the molecule is CCOc1ccc([C@H](CN2CCOCC2)C(C)=O)cc1OC. The Labute approximate surface area is 132 Å². The molecular weight excluding hydrogens is 282 g/mol. The first-order valence-corrected chi connectivity index (χ1v) is 7.77. The highest BCUT2D eigenvalue weighted by Gasteiger charge is 2.23. The van der Waals surface area contributed by atoms with Crippen molar-refractivity contribution in [3.63, 3.8) is 0 Å². The number of carbonyl (C=O) groups excluding carboxylic acids is 1. The lowest BCUT2D eigenvalue weighted by Crippen LogP contribution is -2.40. The third kappa shape index (κ3) is 4.21. The zero-order valence-corrected chi connectivity index (χ0v) is 13.6. The second-order valence-corrected chi connectivity index (χ2v) is 5.42. The van der Waals surface area contributed by atoms with Crippen LogP contribution in [0.4, 0.5) is 0 Å². The summed E-state index contributed by atoms with van der Waals surface area (Å²) in [4.78, 5) is 14.4. The normalized spacial score (nSPS) is 17.0. The summed E-state index contributed by atoms with van der Waals surface area (Å²) >= 11 is 0. The van der Waals surface area contributed by atoms with Gasteiger partial charge in [0.1, 0.15) is 5.78 Å². The number of hydrogen-bond acceptors (Lipinski definition) is 5. The summed E-state index contributed by atoms with van der Waals surface area (Å²) < 4.78 is 16.3. The van der Waals surface area contributed by atoms with Crippen LogP contribution < -0.4 is 9.47 Å². The molecule has 122 valence electrons. The van der Waals surface area contributed by atoms with E-state index in [4.69, 9.17) is 14.2 Å². The van der Waals surface area contributed by atoms with Gasteiger partial charge in [0.15, 0.2) is 11.5 Å². The van der Waals surface area contributed by atoms with Gasteiger partial charge in [0, 0.05) is 19.6 Å². The lowest BCUT2D eigenvalue weighted by molar-refractivity contribution is -0.119. The highest BCUT2D eigenvalue weighted by Crippen LogP contribution is 2.31. The fourth-order valence-corrected chi connectivity index (χ4v) is 2.69. The number of hydrogen-bond donors (Lipinski definition) is 0. The van der Waals surface area contributed by atoms with Crippen LogP contribution in [0.25, 0.3) is 0 Å². The van der Waals surface area contributed by atoms with E-state index in [2.05, 4.69) is 4.90 Å². The van der Waals surface area contributed by atoms with Gasteiger partial charge in [-0.25, -0.2) is 0 Å². The predicted octanol–water partition coefficient (Wildman–Crippen LogP) is 2.10. The number of ketones is 1. The molecule has 22 heavy (non-hydrogen) atoms. The molecule has 0 N–H and O–H groups in total. The van der Waals surface area contributed by atoms with Crippen LogP contribution in [0, 0.1) is 0 Å². The molecule has 0 radical (unpaired) electrons. The molecule has 0 aromatic heterocycles. The maximum atomic E-state index is 12.1. The Hall–Kier alpha value is -1.59. The smallest absolute Gasteiger partial charge is 0.161 e. The quantitative estimate of drug-likeness (QED) is 0.772. The van der Waals surface area contributed by atoms with E-state index < -0.39 is 0 Å². The molecule has 1 aliphatic rings. The second-order valence-electron chi connectivity index (χ2n) is 5.42. The Kier molecular flexibility index (Phi) is 6.21. The van der Waals surface area contributed by atoms with Gasteiger partial charge in [0.2, 0.25) is 0 Å². The first-order chi connectivity index (χ1) is 10.7. The van der Waals surface area contributed by atoms with E-state index in [-0.39, 0.29) is 11.7 Å². The Bertz CT molecular complexity index is 497. The largest absolute Gasteiger partial charge is 0.493 e. The number of morpholine rings is 1. The summed E-state index contributed by atoms with van der Waals surface area (Å²) in [7, 11) is 1.62. The van der Waals surface area contributed by atoms with Gasteiger partial charge in [-0.3, -0.25) is 9.69 Å². The maximum Gasteiger partial charge on any atom is 0.161 e. The number of rotatable bonds is 7. The van der Waals surface area contributed by atoms with Crippen LogP contribution in [0.15, 0.2) is 18.2 Å². The van der Waals surface area contributed by atoms with E-state index in [0.717, 1.165) is 38.4 Å². The Morgan fingerprint density at radius 2 is 2.05 bits per heavy atom. The standard InChI is InChI=1S/C17H25NO4/c1-4-22-16-6-5-14(11-17(16)20-3)15(13(2)19)12-18-7-9-21-10-8-18/h5-6,11,15H,4,7-10,12H2,1-3H3/t15-/m1/s1. The van der Waals surface area contributed by atoms with Crippen LogP contribution in [-0.4, -0.2) is 57.2 Å². The van der Waals surface area contributed by atoms with Gasteiger partial charge in [0.25, 0.3) is 0 Å². The zero-order valence-electron chi connectivity index (χ0n) is 13.6. The molecule has 5 nitrogen and oxygen atoms in total. The minimum Gasteiger partial charge on any atom is -0.493 e. The van der Waals surface area contributed by atoms with Crippen molar-refractivity contribution in [3.05, 3.63) is 23.8 Å². The van der Waals surface area contributed by atoms with Gasteiger partial charge in [-0.05, 0) is 31.5 Å². The lowest BCUT2D eigenvalue weighted by atomic mass is 9.94. The molecule has 1 fully saturated rings. The molecule has 0 unspecified atom stereocenters. The number of Topliss-reactive ketones (excluding diaryl/α,β-unsaturated/α-hetero) is 1. The molecular formula is C17H25NO4. The fraction of sp³-hybridized carbons (Fsp3) is 0.588. The van der Waals surface area contributed by atoms with Crippen LogP contribution in [0.5, 0.6) is 11.5 Å². The molecule has 5 heteroatoms. The van der Waals surface area contributed by atoms with Crippen molar-refractivity contribution < 1.29 is 19.0 Å². The Morgan fingerprint density at radius 3 is 2.64 bits per heavy atom. The van der Waals surface area contributed by atoms with Gasteiger partial charge in [-0.2, -0.15) is 0 Å². The Balaban J connectivity index is 2.18. The molecule has 1 aromatic carbocycles. The van der Waals surface area contributed by atoms with E-state index in [1.54, 1.807) is 14.0 Å². The predicted molar refractivity (Wildman–Crippen MR) is 84.8 cm³/mol. The third-order valence-electron chi connectivity index (χ3n) is 3.93. The van der Waals surface area contributed by atoms with E-state index >= 15 is 0 Å². The average molecular weight is 307 g/mol. The molecule has 0 saturated carbocycles. The number of methoxy groups -OCH3 is 1. The van der Waals surface area contributed by atoms with Gasteiger partial charge >= 0.3 is 0 Å². The summed E-state index contributed by atoms with van der Waals surface area (Å²) in [6.07, 6.45) is 0. The molecule has 1 saturated heterocycles. The van der Waals surface area contributed by atoms with E-state index in [1.165, 1.54) is 0 Å². The molecule has 0 amide bonds. The van der Waals surface area contributed by atoms with Crippen molar-refractivity contribution in [1.29, 1.82) is 0 Å². The van der Waals surface area contributed by atoms with Crippen molar-refractivity contribution in [2.24, 2.45) is 0 Å². The van der Waals surface area contributed by atoms with Gasteiger partial charge < -0.3 is 14.2 Å². The van der Waals surface area contributed by atoms with Crippen LogP contribution in [0.2, 0.25) is 0 Å². The number of ether oxygens (including phenoxy) is 3. The summed E-state index contributed by atoms with van der Waals surface area (Å²) in [6.45, 7) is 8.10. The van der Waals surface area contributed by atoms with E-state index in [1.807, 2.05) is 25.1 Å². The Morgan fingerprint density at radius 1 is 1.32 bits per heavy atom. The number of benzene rings is 1. The second kappa shape index (κ2) is 8.15. The molecule has 1 aromatic rings. The fourth-order valence-electron chi connectivity index (χ4n) is 2.69. The third-order valence-corrected chi connectivity index (χ3v) is 3.93. The molecule has 0 spiro atoms.